The average Bonchev–Trinajstić information content (AvgIpc) is 2.45. The number of hydrogen-bond acceptors (Lipinski definition) is 2. The summed E-state index contributed by atoms with van der Waals surface area (Å²) in [5.41, 5.74) is 1.24. The first kappa shape index (κ1) is 16.3. The SMILES string of the molecule is Cc1cc(NCCC(C)C)nn1CC(C)C.Cl. The van der Waals surface area contributed by atoms with Crippen molar-refractivity contribution >= 4 is 18.2 Å². The van der Waals surface area contributed by atoms with Gasteiger partial charge in [-0.15, -0.1) is 12.4 Å². The van der Waals surface area contributed by atoms with Crippen LogP contribution in [0.2, 0.25) is 0 Å². The van der Waals surface area contributed by atoms with Crippen molar-refractivity contribution < 1.29 is 0 Å². The number of aryl methyl sites for hydroxylation is 1. The summed E-state index contributed by atoms with van der Waals surface area (Å²) < 4.78 is 2.09. The number of halogens is 1. The van der Waals surface area contributed by atoms with Crippen LogP contribution >= 0.6 is 12.4 Å². The van der Waals surface area contributed by atoms with E-state index in [9.17, 15) is 0 Å². The molecule has 4 heteroatoms. The molecular weight excluding hydrogens is 234 g/mol. The Hall–Kier alpha value is -0.700. The van der Waals surface area contributed by atoms with E-state index < -0.39 is 0 Å². The topological polar surface area (TPSA) is 29.9 Å². The summed E-state index contributed by atoms with van der Waals surface area (Å²) >= 11 is 0. The second-order valence-electron chi connectivity index (χ2n) is 5.36. The van der Waals surface area contributed by atoms with E-state index >= 15 is 0 Å². The van der Waals surface area contributed by atoms with Crippen LogP contribution in [0.5, 0.6) is 0 Å². The first-order chi connectivity index (χ1) is 7.49. The summed E-state index contributed by atoms with van der Waals surface area (Å²) in [4.78, 5) is 0. The second-order valence-corrected chi connectivity index (χ2v) is 5.36. The Morgan fingerprint density at radius 3 is 2.41 bits per heavy atom. The van der Waals surface area contributed by atoms with Crippen molar-refractivity contribution in [3.8, 4) is 0 Å². The van der Waals surface area contributed by atoms with E-state index in [1.54, 1.807) is 0 Å². The molecule has 1 heterocycles. The van der Waals surface area contributed by atoms with Gasteiger partial charge in [0, 0.05) is 24.8 Å². The Kier molecular flexibility index (Phi) is 7.28. The molecule has 0 unspecified atom stereocenters. The van der Waals surface area contributed by atoms with Gasteiger partial charge < -0.3 is 5.32 Å². The smallest absolute Gasteiger partial charge is 0.148 e. The van der Waals surface area contributed by atoms with Crippen LogP contribution in [0.25, 0.3) is 0 Å². The summed E-state index contributed by atoms with van der Waals surface area (Å²) in [5.74, 6) is 2.40. The summed E-state index contributed by atoms with van der Waals surface area (Å²) in [6.45, 7) is 13.0. The molecule has 0 saturated heterocycles. The van der Waals surface area contributed by atoms with Crippen LogP contribution in [0.1, 0.15) is 39.8 Å². The maximum atomic E-state index is 4.55. The minimum absolute atomic E-state index is 0. The lowest BCUT2D eigenvalue weighted by Crippen LogP contribution is -2.09. The summed E-state index contributed by atoms with van der Waals surface area (Å²) in [6.07, 6.45) is 1.19. The van der Waals surface area contributed by atoms with Crippen LogP contribution in [0.3, 0.4) is 0 Å². The van der Waals surface area contributed by atoms with Gasteiger partial charge in [-0.2, -0.15) is 5.10 Å². The third kappa shape index (κ3) is 5.97. The molecule has 3 nitrogen and oxygen atoms in total. The van der Waals surface area contributed by atoms with Gasteiger partial charge >= 0.3 is 0 Å². The van der Waals surface area contributed by atoms with Crippen LogP contribution in [0, 0.1) is 18.8 Å². The summed E-state index contributed by atoms with van der Waals surface area (Å²) in [7, 11) is 0. The van der Waals surface area contributed by atoms with Crippen molar-refractivity contribution in [2.24, 2.45) is 11.8 Å². The Bertz CT molecular complexity index is 318. The number of anilines is 1. The van der Waals surface area contributed by atoms with Gasteiger partial charge in [-0.25, -0.2) is 0 Å². The number of nitrogens with zero attached hydrogens (tertiary/aromatic N) is 2. The fourth-order valence-corrected chi connectivity index (χ4v) is 1.62. The first-order valence-corrected chi connectivity index (χ1v) is 6.27. The lowest BCUT2D eigenvalue weighted by atomic mass is 10.1. The molecule has 0 fully saturated rings. The molecular formula is C13H26ClN3. The molecule has 0 amide bonds. The van der Waals surface area contributed by atoms with Crippen molar-refractivity contribution in [3.05, 3.63) is 11.8 Å². The minimum Gasteiger partial charge on any atom is -0.369 e. The molecule has 0 bridgehead atoms. The van der Waals surface area contributed by atoms with Crippen molar-refractivity contribution in [1.82, 2.24) is 9.78 Å². The van der Waals surface area contributed by atoms with E-state index in [0.29, 0.717) is 5.92 Å². The van der Waals surface area contributed by atoms with Crippen LogP contribution in [-0.2, 0) is 6.54 Å². The summed E-state index contributed by atoms with van der Waals surface area (Å²) in [6, 6.07) is 2.13. The highest BCUT2D eigenvalue weighted by atomic mass is 35.5. The normalized spacial score (nSPS) is 10.8. The maximum Gasteiger partial charge on any atom is 0.148 e. The molecule has 0 spiro atoms. The molecule has 100 valence electrons. The van der Waals surface area contributed by atoms with Crippen LogP contribution in [0.4, 0.5) is 5.82 Å². The minimum atomic E-state index is 0. The zero-order chi connectivity index (χ0) is 12.1. The van der Waals surface area contributed by atoms with Gasteiger partial charge in [-0.05, 0) is 25.2 Å². The number of aromatic nitrogens is 2. The fourth-order valence-electron chi connectivity index (χ4n) is 1.62. The predicted octanol–water partition coefficient (Wildman–Crippen LogP) is 3.73. The molecule has 1 aromatic rings. The zero-order valence-electron chi connectivity index (χ0n) is 11.7. The predicted molar refractivity (Wildman–Crippen MR) is 77.0 cm³/mol. The third-order valence-electron chi connectivity index (χ3n) is 2.55. The number of rotatable bonds is 6. The standard InChI is InChI=1S/C13H25N3.ClH/c1-10(2)6-7-14-13-8-12(5)16(15-13)9-11(3)4;/h8,10-11H,6-7,9H2,1-5H3,(H,14,15);1H. The van der Waals surface area contributed by atoms with E-state index in [2.05, 4.69) is 55.8 Å². The maximum absolute atomic E-state index is 4.55. The Labute approximate surface area is 111 Å². The number of hydrogen-bond donors (Lipinski definition) is 1. The molecule has 1 aromatic heterocycles. The molecule has 1 rings (SSSR count). The van der Waals surface area contributed by atoms with Gasteiger partial charge in [-0.1, -0.05) is 27.7 Å². The van der Waals surface area contributed by atoms with Crippen LogP contribution in [-0.4, -0.2) is 16.3 Å². The quantitative estimate of drug-likeness (QED) is 0.844. The third-order valence-corrected chi connectivity index (χ3v) is 2.55. The monoisotopic (exact) mass is 259 g/mol. The highest BCUT2D eigenvalue weighted by Gasteiger charge is 2.05. The Morgan fingerprint density at radius 1 is 1.24 bits per heavy atom. The van der Waals surface area contributed by atoms with E-state index in [-0.39, 0.29) is 12.4 Å². The number of nitrogens with one attached hydrogen (secondary N) is 1. The molecule has 0 aliphatic carbocycles. The van der Waals surface area contributed by atoms with Gasteiger partial charge in [0.1, 0.15) is 5.82 Å². The lowest BCUT2D eigenvalue weighted by Gasteiger charge is -2.07. The molecule has 1 N–H and O–H groups in total. The van der Waals surface area contributed by atoms with Crippen LogP contribution in [0.15, 0.2) is 6.07 Å². The molecule has 0 radical (unpaired) electrons. The lowest BCUT2D eigenvalue weighted by molar-refractivity contribution is 0.475. The van der Waals surface area contributed by atoms with Crippen molar-refractivity contribution in [2.75, 3.05) is 11.9 Å². The second kappa shape index (κ2) is 7.59. The van der Waals surface area contributed by atoms with Crippen molar-refractivity contribution in [2.45, 2.75) is 47.6 Å². The Balaban J connectivity index is 0.00000256. The van der Waals surface area contributed by atoms with Gasteiger partial charge in [0.2, 0.25) is 0 Å². The van der Waals surface area contributed by atoms with E-state index in [4.69, 9.17) is 0 Å². The highest BCUT2D eigenvalue weighted by molar-refractivity contribution is 5.85. The fraction of sp³-hybridized carbons (Fsp3) is 0.769. The van der Waals surface area contributed by atoms with Gasteiger partial charge in [0.05, 0.1) is 0 Å². The highest BCUT2D eigenvalue weighted by Crippen LogP contribution is 2.11. The molecule has 0 aliphatic heterocycles. The zero-order valence-corrected chi connectivity index (χ0v) is 12.5. The largest absolute Gasteiger partial charge is 0.369 e. The summed E-state index contributed by atoms with van der Waals surface area (Å²) in [5, 5.41) is 7.93. The van der Waals surface area contributed by atoms with E-state index in [0.717, 1.165) is 24.8 Å². The van der Waals surface area contributed by atoms with Crippen molar-refractivity contribution in [3.63, 3.8) is 0 Å². The molecule has 17 heavy (non-hydrogen) atoms. The Morgan fingerprint density at radius 2 is 1.88 bits per heavy atom. The molecule has 0 atom stereocenters. The average molecular weight is 260 g/mol. The molecule has 0 aromatic carbocycles. The van der Waals surface area contributed by atoms with Crippen molar-refractivity contribution in [1.29, 1.82) is 0 Å². The van der Waals surface area contributed by atoms with Gasteiger partial charge in [0.15, 0.2) is 0 Å². The van der Waals surface area contributed by atoms with Crippen LogP contribution < -0.4 is 5.32 Å². The van der Waals surface area contributed by atoms with Gasteiger partial charge in [-0.3, -0.25) is 4.68 Å². The molecule has 0 aliphatic rings. The van der Waals surface area contributed by atoms with E-state index in [1.165, 1.54) is 12.1 Å². The van der Waals surface area contributed by atoms with Gasteiger partial charge in [0.25, 0.3) is 0 Å². The van der Waals surface area contributed by atoms with E-state index in [1.807, 2.05) is 0 Å². The first-order valence-electron chi connectivity index (χ1n) is 6.27. The molecule has 0 saturated carbocycles.